The van der Waals surface area contributed by atoms with Crippen molar-refractivity contribution in [1.82, 2.24) is 20.2 Å². The van der Waals surface area contributed by atoms with Gasteiger partial charge >= 0.3 is 0 Å². The second-order valence-corrected chi connectivity index (χ2v) is 5.42. The average Bonchev–Trinajstić information content (AvgIpc) is 3.03. The summed E-state index contributed by atoms with van der Waals surface area (Å²) in [6.07, 6.45) is 1.67. The minimum atomic E-state index is -0.152. The Hall–Kier alpha value is -2.67. The summed E-state index contributed by atoms with van der Waals surface area (Å²) < 4.78 is 0. The summed E-state index contributed by atoms with van der Waals surface area (Å²) in [4.78, 5) is 21.3. The van der Waals surface area contributed by atoms with Gasteiger partial charge in [-0.2, -0.15) is 4.98 Å². The number of H-pyrrole nitrogens is 1. The van der Waals surface area contributed by atoms with Gasteiger partial charge < -0.3 is 0 Å². The van der Waals surface area contributed by atoms with Gasteiger partial charge in [0.05, 0.1) is 5.75 Å². The lowest BCUT2D eigenvalue weighted by atomic mass is 10.3. The number of hydrogen-bond acceptors (Lipinski definition) is 5. The predicted octanol–water partition coefficient (Wildman–Crippen LogP) is 2.60. The molecule has 0 saturated carbocycles. The van der Waals surface area contributed by atoms with Gasteiger partial charge in [-0.05, 0) is 24.3 Å². The minimum Gasteiger partial charge on any atom is -0.292 e. The van der Waals surface area contributed by atoms with Gasteiger partial charge in [-0.3, -0.25) is 20.2 Å². The maximum absolute atomic E-state index is 11.9. The Bertz CT molecular complexity index is 745. The highest BCUT2D eigenvalue weighted by Gasteiger charge is 2.09. The normalized spacial score (nSPS) is 10.4. The molecule has 0 bridgehead atoms. The van der Waals surface area contributed by atoms with Crippen LogP contribution in [0.15, 0.2) is 59.6 Å². The molecule has 22 heavy (non-hydrogen) atoms. The molecule has 0 saturated heterocycles. The van der Waals surface area contributed by atoms with Crippen LogP contribution < -0.4 is 5.32 Å². The van der Waals surface area contributed by atoms with Crippen LogP contribution in [0.4, 0.5) is 5.95 Å². The Labute approximate surface area is 131 Å². The highest BCUT2D eigenvalue weighted by molar-refractivity contribution is 8.00. The summed E-state index contributed by atoms with van der Waals surface area (Å²) >= 11 is 1.46. The van der Waals surface area contributed by atoms with Crippen LogP contribution in [0.1, 0.15) is 0 Å². The molecule has 1 amide bonds. The summed E-state index contributed by atoms with van der Waals surface area (Å²) in [7, 11) is 0. The maximum Gasteiger partial charge on any atom is 0.249 e. The van der Waals surface area contributed by atoms with Gasteiger partial charge in [-0.1, -0.05) is 24.3 Å². The second-order valence-electron chi connectivity index (χ2n) is 4.37. The van der Waals surface area contributed by atoms with Crippen molar-refractivity contribution in [3.8, 4) is 11.5 Å². The number of carbonyl (C=O) groups is 1. The van der Waals surface area contributed by atoms with Crippen molar-refractivity contribution < 1.29 is 4.79 Å². The van der Waals surface area contributed by atoms with Crippen molar-refractivity contribution in [2.45, 2.75) is 4.90 Å². The van der Waals surface area contributed by atoms with E-state index in [1.165, 1.54) is 11.8 Å². The second kappa shape index (κ2) is 6.86. The number of benzene rings is 1. The first-order valence-electron chi connectivity index (χ1n) is 6.63. The maximum atomic E-state index is 11.9. The zero-order chi connectivity index (χ0) is 15.2. The van der Waals surface area contributed by atoms with Crippen molar-refractivity contribution in [3.63, 3.8) is 0 Å². The number of aromatic amines is 1. The summed E-state index contributed by atoms with van der Waals surface area (Å²) in [5, 5.41) is 9.39. The molecule has 0 aliphatic heterocycles. The Morgan fingerprint density at radius 3 is 2.73 bits per heavy atom. The number of amides is 1. The number of pyridine rings is 1. The SMILES string of the molecule is O=C(CSc1ccccc1)Nc1n[nH]c(-c2ccccn2)n1. The van der Waals surface area contributed by atoms with E-state index in [4.69, 9.17) is 0 Å². The van der Waals surface area contributed by atoms with Crippen molar-refractivity contribution in [2.75, 3.05) is 11.1 Å². The molecule has 0 aliphatic rings. The summed E-state index contributed by atoms with van der Waals surface area (Å²) in [6.45, 7) is 0. The third kappa shape index (κ3) is 3.70. The molecule has 0 aliphatic carbocycles. The van der Waals surface area contributed by atoms with Crippen molar-refractivity contribution in [1.29, 1.82) is 0 Å². The molecule has 0 fully saturated rings. The number of nitrogens with one attached hydrogen (secondary N) is 2. The van der Waals surface area contributed by atoms with E-state index in [-0.39, 0.29) is 11.9 Å². The largest absolute Gasteiger partial charge is 0.292 e. The van der Waals surface area contributed by atoms with Gasteiger partial charge in [0.2, 0.25) is 11.9 Å². The third-order valence-corrected chi connectivity index (χ3v) is 3.77. The smallest absolute Gasteiger partial charge is 0.249 e. The molecular weight excluding hydrogens is 298 g/mol. The van der Waals surface area contributed by atoms with E-state index in [0.717, 1.165) is 4.90 Å². The molecule has 0 spiro atoms. The van der Waals surface area contributed by atoms with Crippen molar-refractivity contribution in [3.05, 3.63) is 54.7 Å². The van der Waals surface area contributed by atoms with Crippen LogP contribution in [0.2, 0.25) is 0 Å². The Morgan fingerprint density at radius 1 is 1.14 bits per heavy atom. The van der Waals surface area contributed by atoms with E-state index in [1.54, 1.807) is 6.20 Å². The highest BCUT2D eigenvalue weighted by atomic mass is 32.2. The quantitative estimate of drug-likeness (QED) is 0.708. The number of anilines is 1. The van der Waals surface area contributed by atoms with Crippen LogP contribution in [0.5, 0.6) is 0 Å². The lowest BCUT2D eigenvalue weighted by molar-refractivity contribution is -0.113. The van der Waals surface area contributed by atoms with Crippen molar-refractivity contribution in [2.24, 2.45) is 0 Å². The Morgan fingerprint density at radius 2 is 1.95 bits per heavy atom. The van der Waals surface area contributed by atoms with Crippen molar-refractivity contribution >= 4 is 23.6 Å². The van der Waals surface area contributed by atoms with E-state index >= 15 is 0 Å². The molecule has 0 radical (unpaired) electrons. The molecule has 3 rings (SSSR count). The number of aromatic nitrogens is 4. The summed E-state index contributed by atoms with van der Waals surface area (Å²) in [5.74, 6) is 0.920. The summed E-state index contributed by atoms with van der Waals surface area (Å²) in [5.41, 5.74) is 0.675. The van der Waals surface area contributed by atoms with Gasteiger partial charge in [-0.15, -0.1) is 16.9 Å². The number of hydrogen-bond donors (Lipinski definition) is 2. The van der Waals surface area contributed by atoms with Gasteiger partial charge in [0.1, 0.15) is 5.69 Å². The fraction of sp³-hybridized carbons (Fsp3) is 0.0667. The average molecular weight is 311 g/mol. The van der Waals surface area contributed by atoms with E-state index in [0.29, 0.717) is 17.3 Å². The molecule has 110 valence electrons. The van der Waals surface area contributed by atoms with Gasteiger partial charge in [0, 0.05) is 11.1 Å². The van der Waals surface area contributed by atoms with Gasteiger partial charge in [-0.25, -0.2) is 0 Å². The molecule has 6 nitrogen and oxygen atoms in total. The lowest BCUT2D eigenvalue weighted by Crippen LogP contribution is -2.15. The third-order valence-electron chi connectivity index (χ3n) is 2.76. The van der Waals surface area contributed by atoms with E-state index in [1.807, 2.05) is 48.5 Å². The van der Waals surface area contributed by atoms with E-state index in [9.17, 15) is 4.79 Å². The Balaban J connectivity index is 1.57. The predicted molar refractivity (Wildman–Crippen MR) is 85.4 cm³/mol. The molecule has 7 heteroatoms. The molecular formula is C15H13N5OS. The molecule has 2 aromatic heterocycles. The number of nitrogens with zero attached hydrogens (tertiary/aromatic N) is 3. The Kier molecular flexibility index (Phi) is 4.45. The summed E-state index contributed by atoms with van der Waals surface area (Å²) in [6, 6.07) is 15.2. The van der Waals surface area contributed by atoms with Gasteiger partial charge in [0.25, 0.3) is 0 Å². The van der Waals surface area contributed by atoms with E-state index in [2.05, 4.69) is 25.5 Å². The van der Waals surface area contributed by atoms with Crippen LogP contribution >= 0.6 is 11.8 Å². The fourth-order valence-electron chi connectivity index (χ4n) is 1.76. The first-order valence-corrected chi connectivity index (χ1v) is 7.61. The monoisotopic (exact) mass is 311 g/mol. The molecule has 3 aromatic rings. The molecule has 0 unspecified atom stereocenters. The number of thioether (sulfide) groups is 1. The van der Waals surface area contributed by atoms with Crippen LogP contribution in [0.25, 0.3) is 11.5 Å². The van der Waals surface area contributed by atoms with Crippen LogP contribution in [0, 0.1) is 0 Å². The molecule has 0 atom stereocenters. The zero-order valence-electron chi connectivity index (χ0n) is 11.6. The number of carbonyl (C=O) groups excluding carboxylic acids is 1. The zero-order valence-corrected chi connectivity index (χ0v) is 12.4. The molecule has 1 aromatic carbocycles. The molecule has 2 N–H and O–H groups in total. The standard InChI is InChI=1S/C15H13N5OS/c21-13(10-22-11-6-2-1-3-7-11)17-15-18-14(19-20-15)12-8-4-5-9-16-12/h1-9H,10H2,(H2,17,18,19,20,21). The number of rotatable bonds is 5. The topological polar surface area (TPSA) is 83.6 Å². The minimum absolute atomic E-state index is 0.152. The first-order chi connectivity index (χ1) is 10.8. The first kappa shape index (κ1) is 14.3. The lowest BCUT2D eigenvalue weighted by Gasteiger charge is -2.01. The van der Waals surface area contributed by atoms with E-state index < -0.39 is 0 Å². The molecule has 2 heterocycles. The van der Waals surface area contributed by atoms with Crippen LogP contribution in [0.3, 0.4) is 0 Å². The van der Waals surface area contributed by atoms with Gasteiger partial charge in [0.15, 0.2) is 5.82 Å². The fourth-order valence-corrected chi connectivity index (χ4v) is 2.48. The van der Waals surface area contributed by atoms with Crippen LogP contribution in [-0.4, -0.2) is 31.8 Å². The highest BCUT2D eigenvalue weighted by Crippen LogP contribution is 2.17. The van der Waals surface area contributed by atoms with Crippen LogP contribution in [-0.2, 0) is 4.79 Å².